The van der Waals surface area contributed by atoms with Crippen LogP contribution in [0.4, 0.5) is 10.1 Å². The molecule has 2 N–H and O–H groups in total. The van der Waals surface area contributed by atoms with Crippen LogP contribution in [0.25, 0.3) is 0 Å². The van der Waals surface area contributed by atoms with Gasteiger partial charge in [0, 0.05) is 12.1 Å². The van der Waals surface area contributed by atoms with Crippen LogP contribution in [0.2, 0.25) is 0 Å². The minimum atomic E-state index is -0.556. The second-order valence-corrected chi connectivity index (χ2v) is 4.22. The molecule has 0 amide bonds. The summed E-state index contributed by atoms with van der Waals surface area (Å²) in [6, 6.07) is 9.61. The smallest absolute Gasteiger partial charge is 0.167 e. The Morgan fingerprint density at radius 1 is 1.15 bits per heavy atom. The summed E-state index contributed by atoms with van der Waals surface area (Å²) in [5, 5.41) is 8.89. The van der Waals surface area contributed by atoms with Crippen molar-refractivity contribution in [1.82, 2.24) is 0 Å². The minimum absolute atomic E-state index is 0.0447. The van der Waals surface area contributed by atoms with Gasteiger partial charge in [-0.25, -0.2) is 4.39 Å². The van der Waals surface area contributed by atoms with Crippen LogP contribution in [0.5, 0.6) is 17.2 Å². The molecule has 0 saturated carbocycles. The third-order valence-electron chi connectivity index (χ3n) is 2.82. The molecule has 2 aromatic carbocycles. The highest BCUT2D eigenvalue weighted by molar-refractivity contribution is 5.58. The number of methoxy groups -OCH3 is 1. The van der Waals surface area contributed by atoms with Gasteiger partial charge in [-0.3, -0.25) is 0 Å². The summed E-state index contributed by atoms with van der Waals surface area (Å²) in [4.78, 5) is 0. The predicted octanol–water partition coefficient (Wildman–Crippen LogP) is 3.39. The van der Waals surface area contributed by atoms with Crippen LogP contribution in [0.1, 0.15) is 11.1 Å². The molecule has 0 fully saturated rings. The van der Waals surface area contributed by atoms with Gasteiger partial charge in [0.1, 0.15) is 5.75 Å². The Bertz CT molecular complexity index is 693. The van der Waals surface area contributed by atoms with E-state index in [2.05, 4.69) is 0 Å². The molecular weight excluding hydrogens is 259 g/mol. The van der Waals surface area contributed by atoms with Crippen molar-refractivity contribution >= 4 is 5.69 Å². The largest absolute Gasteiger partial charge is 0.494 e. The lowest BCUT2D eigenvalue weighted by molar-refractivity contribution is 0.382. The van der Waals surface area contributed by atoms with Crippen LogP contribution in [0.15, 0.2) is 30.3 Å². The fourth-order valence-electron chi connectivity index (χ4n) is 1.69. The fourth-order valence-corrected chi connectivity index (χ4v) is 1.69. The number of hydrogen-bond donors (Lipinski definition) is 1. The van der Waals surface area contributed by atoms with E-state index in [1.165, 1.54) is 13.2 Å². The quantitative estimate of drug-likeness (QED) is 0.869. The van der Waals surface area contributed by atoms with Crippen molar-refractivity contribution in [2.24, 2.45) is 0 Å². The minimum Gasteiger partial charge on any atom is -0.494 e. The van der Waals surface area contributed by atoms with Crippen LogP contribution in [-0.2, 0) is 0 Å². The van der Waals surface area contributed by atoms with Crippen molar-refractivity contribution < 1.29 is 13.9 Å². The molecule has 0 unspecified atom stereocenters. The number of nitriles is 1. The average molecular weight is 272 g/mol. The lowest BCUT2D eigenvalue weighted by Crippen LogP contribution is -1.97. The molecule has 0 radical (unpaired) electrons. The molecule has 0 aliphatic carbocycles. The first-order valence-corrected chi connectivity index (χ1v) is 5.86. The van der Waals surface area contributed by atoms with Crippen LogP contribution in [0.3, 0.4) is 0 Å². The summed E-state index contributed by atoms with van der Waals surface area (Å²) in [6.45, 7) is 1.84. The second kappa shape index (κ2) is 5.49. The molecule has 2 rings (SSSR count). The third-order valence-corrected chi connectivity index (χ3v) is 2.82. The van der Waals surface area contributed by atoms with Crippen LogP contribution in [-0.4, -0.2) is 7.11 Å². The first kappa shape index (κ1) is 13.7. The Morgan fingerprint density at radius 2 is 1.90 bits per heavy atom. The number of nitrogen functional groups attached to an aromatic ring is 1. The first-order valence-electron chi connectivity index (χ1n) is 5.86. The summed E-state index contributed by atoms with van der Waals surface area (Å²) < 4.78 is 24.0. The highest BCUT2D eigenvalue weighted by Crippen LogP contribution is 2.34. The molecular formula is C15H13FN2O2. The Hall–Kier alpha value is -2.74. The molecule has 0 aliphatic rings. The average Bonchev–Trinajstić information content (AvgIpc) is 2.44. The molecule has 0 saturated heterocycles. The SMILES string of the molecule is COc1cc(Oc2cc(C#N)ccc2C)c(N)cc1F. The van der Waals surface area contributed by atoms with Gasteiger partial charge in [0.2, 0.25) is 0 Å². The maximum Gasteiger partial charge on any atom is 0.167 e. The van der Waals surface area contributed by atoms with Gasteiger partial charge in [0.25, 0.3) is 0 Å². The Kier molecular flexibility index (Phi) is 3.76. The van der Waals surface area contributed by atoms with Crippen LogP contribution >= 0.6 is 0 Å². The topological polar surface area (TPSA) is 68.3 Å². The van der Waals surface area contributed by atoms with E-state index in [0.717, 1.165) is 11.6 Å². The number of benzene rings is 2. The third kappa shape index (κ3) is 2.64. The lowest BCUT2D eigenvalue weighted by Gasteiger charge is -2.12. The molecule has 0 bridgehead atoms. The Balaban J connectivity index is 2.42. The summed E-state index contributed by atoms with van der Waals surface area (Å²) in [5.41, 5.74) is 7.20. The van der Waals surface area contributed by atoms with Crippen LogP contribution in [0, 0.1) is 24.1 Å². The molecule has 0 aromatic heterocycles. The normalized spacial score (nSPS) is 9.90. The van der Waals surface area contributed by atoms with E-state index in [4.69, 9.17) is 20.5 Å². The number of nitrogens with zero attached hydrogens (tertiary/aromatic N) is 1. The van der Waals surface area contributed by atoms with Crippen molar-refractivity contribution in [3.05, 3.63) is 47.3 Å². The van der Waals surface area contributed by atoms with Gasteiger partial charge < -0.3 is 15.2 Å². The van der Waals surface area contributed by atoms with E-state index in [0.29, 0.717) is 11.3 Å². The van der Waals surface area contributed by atoms with Crippen molar-refractivity contribution in [3.8, 4) is 23.3 Å². The van der Waals surface area contributed by atoms with E-state index in [1.807, 2.05) is 13.0 Å². The Morgan fingerprint density at radius 3 is 2.55 bits per heavy atom. The lowest BCUT2D eigenvalue weighted by atomic mass is 10.1. The summed E-state index contributed by atoms with van der Waals surface area (Å²) >= 11 is 0. The Labute approximate surface area is 116 Å². The standard InChI is InChI=1S/C15H13FN2O2/c1-9-3-4-10(8-17)5-13(9)20-15-7-14(19-2)11(16)6-12(15)18/h3-7H,18H2,1-2H3. The van der Waals surface area contributed by atoms with Crippen molar-refractivity contribution in [1.29, 1.82) is 5.26 Å². The van der Waals surface area contributed by atoms with Crippen molar-refractivity contribution in [3.63, 3.8) is 0 Å². The predicted molar refractivity (Wildman–Crippen MR) is 73.3 cm³/mol. The molecule has 5 heteroatoms. The van der Waals surface area contributed by atoms with E-state index in [-0.39, 0.29) is 17.2 Å². The van der Waals surface area contributed by atoms with Crippen LogP contribution < -0.4 is 15.2 Å². The number of ether oxygens (including phenoxy) is 2. The van der Waals surface area contributed by atoms with Crippen molar-refractivity contribution in [2.75, 3.05) is 12.8 Å². The number of anilines is 1. The maximum atomic E-state index is 13.5. The van der Waals surface area contributed by atoms with Gasteiger partial charge in [-0.05, 0) is 24.6 Å². The molecule has 0 heterocycles. The van der Waals surface area contributed by atoms with E-state index < -0.39 is 5.82 Å². The summed E-state index contributed by atoms with van der Waals surface area (Å²) in [7, 11) is 1.36. The van der Waals surface area contributed by atoms with Gasteiger partial charge in [0.05, 0.1) is 24.4 Å². The zero-order valence-corrected chi connectivity index (χ0v) is 11.1. The highest BCUT2D eigenvalue weighted by Gasteiger charge is 2.11. The first-order chi connectivity index (χ1) is 9.55. The summed E-state index contributed by atoms with van der Waals surface area (Å²) in [5.74, 6) is 0.258. The molecule has 20 heavy (non-hydrogen) atoms. The number of aryl methyl sites for hydroxylation is 1. The number of nitrogens with two attached hydrogens (primary N) is 1. The van der Waals surface area contributed by atoms with E-state index in [1.54, 1.807) is 18.2 Å². The van der Waals surface area contributed by atoms with E-state index in [9.17, 15) is 4.39 Å². The molecule has 0 atom stereocenters. The number of rotatable bonds is 3. The molecule has 0 aliphatic heterocycles. The zero-order valence-electron chi connectivity index (χ0n) is 11.1. The molecule has 102 valence electrons. The molecule has 4 nitrogen and oxygen atoms in total. The number of hydrogen-bond acceptors (Lipinski definition) is 4. The van der Waals surface area contributed by atoms with E-state index >= 15 is 0 Å². The van der Waals surface area contributed by atoms with Gasteiger partial charge in [-0.2, -0.15) is 5.26 Å². The van der Waals surface area contributed by atoms with Gasteiger partial charge in [-0.15, -0.1) is 0 Å². The zero-order chi connectivity index (χ0) is 14.7. The van der Waals surface area contributed by atoms with Gasteiger partial charge >= 0.3 is 0 Å². The highest BCUT2D eigenvalue weighted by atomic mass is 19.1. The molecule has 2 aromatic rings. The summed E-state index contributed by atoms with van der Waals surface area (Å²) in [6.07, 6.45) is 0. The van der Waals surface area contributed by atoms with Crippen molar-refractivity contribution in [2.45, 2.75) is 6.92 Å². The number of halogens is 1. The molecule has 0 spiro atoms. The second-order valence-electron chi connectivity index (χ2n) is 4.22. The monoisotopic (exact) mass is 272 g/mol. The van der Waals surface area contributed by atoms with Gasteiger partial charge in [0.15, 0.2) is 17.3 Å². The fraction of sp³-hybridized carbons (Fsp3) is 0.133. The van der Waals surface area contributed by atoms with Gasteiger partial charge in [-0.1, -0.05) is 6.07 Å². The maximum absolute atomic E-state index is 13.5.